The van der Waals surface area contributed by atoms with Crippen molar-refractivity contribution >= 4 is 7.12 Å². The maximum Gasteiger partial charge on any atom is 0.465 e. The molecule has 0 bridgehead atoms. The second-order valence-electron chi connectivity index (χ2n) is 6.35. The van der Waals surface area contributed by atoms with Crippen molar-refractivity contribution in [1.82, 2.24) is 0 Å². The number of rotatable bonds is 1. The van der Waals surface area contributed by atoms with Gasteiger partial charge in [0.25, 0.3) is 0 Å². The van der Waals surface area contributed by atoms with E-state index in [4.69, 9.17) is 9.31 Å². The van der Waals surface area contributed by atoms with E-state index in [0.29, 0.717) is 5.82 Å². The maximum absolute atomic E-state index is 6.13. The molecule has 1 aliphatic carbocycles. The largest absolute Gasteiger partial charge is 0.465 e. The molecule has 0 saturated carbocycles. The van der Waals surface area contributed by atoms with Crippen LogP contribution in [0, 0.1) is 0 Å². The minimum absolute atomic E-state index is 0.0608. The van der Waals surface area contributed by atoms with E-state index >= 15 is 0 Å². The van der Waals surface area contributed by atoms with E-state index in [1.165, 1.54) is 32.1 Å². The van der Waals surface area contributed by atoms with Crippen LogP contribution in [-0.4, -0.2) is 18.3 Å². The molecule has 1 saturated heterocycles. The lowest BCUT2D eigenvalue weighted by Crippen LogP contribution is -2.41. The van der Waals surface area contributed by atoms with E-state index in [9.17, 15) is 0 Å². The van der Waals surface area contributed by atoms with Crippen molar-refractivity contribution in [3.63, 3.8) is 0 Å². The summed E-state index contributed by atoms with van der Waals surface area (Å²) in [6.45, 7) is 8.50. The zero-order valence-electron chi connectivity index (χ0n) is 11.7. The lowest BCUT2D eigenvalue weighted by Gasteiger charge is -2.32. The Morgan fingerprint density at radius 1 is 1.00 bits per heavy atom. The molecular weight excluding hydrogens is 211 g/mol. The van der Waals surface area contributed by atoms with Gasteiger partial charge in [0.05, 0.1) is 11.2 Å². The van der Waals surface area contributed by atoms with E-state index in [2.05, 4.69) is 39.8 Å². The SMILES string of the molecule is CC1(C)OB(C2C=CCCCCC2)OC1(C)C. The van der Waals surface area contributed by atoms with E-state index in [-0.39, 0.29) is 18.3 Å². The first-order valence-corrected chi connectivity index (χ1v) is 6.95. The highest BCUT2D eigenvalue weighted by atomic mass is 16.7. The van der Waals surface area contributed by atoms with E-state index < -0.39 is 0 Å². The fraction of sp³-hybridized carbons (Fsp3) is 0.857. The third kappa shape index (κ3) is 2.77. The van der Waals surface area contributed by atoms with Crippen LogP contribution in [0.15, 0.2) is 12.2 Å². The molecule has 0 aromatic rings. The van der Waals surface area contributed by atoms with Crippen molar-refractivity contribution in [1.29, 1.82) is 0 Å². The molecule has 1 atom stereocenters. The second kappa shape index (κ2) is 4.77. The van der Waals surface area contributed by atoms with Gasteiger partial charge < -0.3 is 9.31 Å². The molecule has 0 amide bonds. The molecule has 96 valence electrons. The van der Waals surface area contributed by atoms with Crippen LogP contribution in [0.25, 0.3) is 0 Å². The highest BCUT2D eigenvalue weighted by Gasteiger charge is 2.52. The molecule has 2 rings (SSSR count). The molecule has 3 heteroatoms. The van der Waals surface area contributed by atoms with Crippen LogP contribution >= 0.6 is 0 Å². The average molecular weight is 236 g/mol. The molecule has 17 heavy (non-hydrogen) atoms. The summed E-state index contributed by atoms with van der Waals surface area (Å²) in [6, 6.07) is 0. The lowest BCUT2D eigenvalue weighted by atomic mass is 9.68. The zero-order valence-corrected chi connectivity index (χ0v) is 11.7. The maximum atomic E-state index is 6.13. The molecule has 0 N–H and O–H groups in total. The molecule has 0 aromatic carbocycles. The van der Waals surface area contributed by atoms with Crippen molar-refractivity contribution in [2.45, 2.75) is 76.8 Å². The minimum Gasteiger partial charge on any atom is -0.403 e. The third-order valence-corrected chi connectivity index (χ3v) is 4.41. The van der Waals surface area contributed by atoms with Gasteiger partial charge in [-0.05, 0) is 47.0 Å². The number of allylic oxidation sites excluding steroid dienone is 2. The fourth-order valence-electron chi connectivity index (χ4n) is 2.48. The van der Waals surface area contributed by atoms with Gasteiger partial charge in [0.1, 0.15) is 0 Å². The molecule has 0 radical (unpaired) electrons. The Labute approximate surface area is 106 Å². The quantitative estimate of drug-likeness (QED) is 0.506. The predicted molar refractivity (Wildman–Crippen MR) is 72.1 cm³/mol. The van der Waals surface area contributed by atoms with Crippen molar-refractivity contribution < 1.29 is 9.31 Å². The van der Waals surface area contributed by atoms with Gasteiger partial charge in [-0.3, -0.25) is 0 Å². The Hall–Kier alpha value is -0.275. The fourth-order valence-corrected chi connectivity index (χ4v) is 2.48. The number of hydrogen-bond acceptors (Lipinski definition) is 2. The molecule has 1 heterocycles. The first kappa shape index (κ1) is 13.2. The normalized spacial score (nSPS) is 32.2. The summed E-state index contributed by atoms with van der Waals surface area (Å²) in [6.07, 6.45) is 10.9. The molecule has 2 nitrogen and oxygen atoms in total. The summed E-state index contributed by atoms with van der Waals surface area (Å²) in [5.41, 5.74) is -0.401. The highest BCUT2D eigenvalue weighted by molar-refractivity contribution is 6.48. The first-order valence-electron chi connectivity index (χ1n) is 6.95. The van der Waals surface area contributed by atoms with Gasteiger partial charge in [0.15, 0.2) is 0 Å². The van der Waals surface area contributed by atoms with E-state index in [1.807, 2.05) is 0 Å². The Morgan fingerprint density at radius 3 is 2.29 bits per heavy atom. The minimum atomic E-state index is -0.201. The van der Waals surface area contributed by atoms with Gasteiger partial charge in [0.2, 0.25) is 0 Å². The Morgan fingerprint density at radius 2 is 1.65 bits per heavy atom. The molecule has 2 aliphatic rings. The van der Waals surface area contributed by atoms with Crippen LogP contribution in [0.4, 0.5) is 0 Å². The summed E-state index contributed by atoms with van der Waals surface area (Å²) in [5.74, 6) is 0.427. The smallest absolute Gasteiger partial charge is 0.403 e. The standard InChI is InChI=1S/C14H25BO2/c1-13(2)14(3,4)17-15(16-13)12-10-8-6-5-7-9-11-12/h8,10,12H,5-7,9,11H2,1-4H3. The monoisotopic (exact) mass is 236 g/mol. The van der Waals surface area contributed by atoms with Gasteiger partial charge in [-0.25, -0.2) is 0 Å². The average Bonchev–Trinajstić information content (AvgIpc) is 2.34. The van der Waals surface area contributed by atoms with Crippen LogP contribution in [0.5, 0.6) is 0 Å². The van der Waals surface area contributed by atoms with Gasteiger partial charge in [-0.15, -0.1) is 0 Å². The summed E-state index contributed by atoms with van der Waals surface area (Å²) in [5, 5.41) is 0. The predicted octanol–water partition coefficient (Wildman–Crippen LogP) is 3.97. The van der Waals surface area contributed by atoms with Gasteiger partial charge in [0, 0.05) is 5.82 Å². The Kier molecular flexibility index (Phi) is 3.70. The molecule has 0 aromatic heterocycles. The topological polar surface area (TPSA) is 18.5 Å². The summed E-state index contributed by atoms with van der Waals surface area (Å²) in [7, 11) is -0.0608. The first-order chi connectivity index (χ1) is 7.92. The van der Waals surface area contributed by atoms with Crippen molar-refractivity contribution in [2.75, 3.05) is 0 Å². The molecule has 1 fully saturated rings. The zero-order chi connectivity index (χ0) is 12.5. The third-order valence-electron chi connectivity index (χ3n) is 4.41. The van der Waals surface area contributed by atoms with Gasteiger partial charge in [-0.2, -0.15) is 0 Å². The highest BCUT2D eigenvalue weighted by Crippen LogP contribution is 2.41. The molecular formula is C14H25BO2. The van der Waals surface area contributed by atoms with Crippen LogP contribution in [0.2, 0.25) is 5.82 Å². The van der Waals surface area contributed by atoms with Crippen LogP contribution < -0.4 is 0 Å². The van der Waals surface area contributed by atoms with Crippen molar-refractivity contribution in [3.05, 3.63) is 12.2 Å². The van der Waals surface area contributed by atoms with E-state index in [0.717, 1.165) is 0 Å². The van der Waals surface area contributed by atoms with E-state index in [1.54, 1.807) is 0 Å². The van der Waals surface area contributed by atoms with Crippen molar-refractivity contribution in [3.8, 4) is 0 Å². The summed E-state index contributed by atoms with van der Waals surface area (Å²) < 4.78 is 12.3. The Balaban J connectivity index is 2.06. The Bertz CT molecular complexity index is 281. The number of hydrogen-bond donors (Lipinski definition) is 0. The second-order valence-corrected chi connectivity index (χ2v) is 6.35. The van der Waals surface area contributed by atoms with Gasteiger partial charge >= 0.3 is 7.12 Å². The van der Waals surface area contributed by atoms with Crippen molar-refractivity contribution in [2.24, 2.45) is 0 Å². The lowest BCUT2D eigenvalue weighted by molar-refractivity contribution is 0.00578. The van der Waals surface area contributed by atoms with Crippen LogP contribution in [0.1, 0.15) is 59.8 Å². The molecule has 1 unspecified atom stereocenters. The molecule has 1 aliphatic heterocycles. The van der Waals surface area contributed by atoms with Crippen LogP contribution in [0.3, 0.4) is 0 Å². The summed E-state index contributed by atoms with van der Waals surface area (Å²) >= 11 is 0. The van der Waals surface area contributed by atoms with Gasteiger partial charge in [-0.1, -0.05) is 25.0 Å². The molecule has 0 spiro atoms. The van der Waals surface area contributed by atoms with Crippen LogP contribution in [-0.2, 0) is 9.31 Å². The summed E-state index contributed by atoms with van der Waals surface area (Å²) in [4.78, 5) is 0.